The van der Waals surface area contributed by atoms with E-state index in [4.69, 9.17) is 5.73 Å². The minimum atomic E-state index is -0.335. The minimum absolute atomic E-state index is 0.117. The van der Waals surface area contributed by atoms with Gasteiger partial charge >= 0.3 is 0 Å². The van der Waals surface area contributed by atoms with Crippen LogP contribution < -0.4 is 11.1 Å². The summed E-state index contributed by atoms with van der Waals surface area (Å²) < 4.78 is 0. The molecule has 0 heterocycles. The monoisotopic (exact) mass is 306 g/mol. The van der Waals surface area contributed by atoms with E-state index in [1.54, 1.807) is 6.08 Å². The van der Waals surface area contributed by atoms with Gasteiger partial charge in [0.15, 0.2) is 0 Å². The lowest BCUT2D eigenvalue weighted by atomic mass is 10.1. The van der Waals surface area contributed by atoms with Crippen LogP contribution in [0.2, 0.25) is 0 Å². The van der Waals surface area contributed by atoms with Crippen molar-refractivity contribution >= 4 is 35.4 Å². The van der Waals surface area contributed by atoms with E-state index in [1.807, 2.05) is 32.0 Å². The van der Waals surface area contributed by atoms with Crippen molar-refractivity contribution in [2.45, 2.75) is 39.2 Å². The van der Waals surface area contributed by atoms with Gasteiger partial charge in [-0.15, -0.1) is 12.6 Å². The number of nitrogens with one attached hydrogen (secondary N) is 1. The van der Waals surface area contributed by atoms with Gasteiger partial charge in [-0.2, -0.15) is 0 Å². The second-order valence-electron chi connectivity index (χ2n) is 5.06. The number of anilines is 1. The maximum atomic E-state index is 12.0. The van der Waals surface area contributed by atoms with Crippen LogP contribution in [0.3, 0.4) is 0 Å². The molecule has 0 saturated heterocycles. The predicted octanol–water partition coefficient (Wildman–Crippen LogP) is 2.92. The van der Waals surface area contributed by atoms with Crippen LogP contribution in [-0.4, -0.2) is 17.1 Å². The van der Waals surface area contributed by atoms with E-state index in [0.29, 0.717) is 5.69 Å². The molecule has 1 unspecified atom stereocenters. The Kier molecular flexibility index (Phi) is 7.19. The lowest BCUT2D eigenvalue weighted by molar-refractivity contribution is -0.116. The van der Waals surface area contributed by atoms with E-state index in [1.165, 1.54) is 6.08 Å². The maximum Gasteiger partial charge on any atom is 0.225 e. The standard InChI is InChI=1S/C16H22N2O2S/c1-3-4-13(17)10-15(19)18-14-9-11(2)5-6-12(14)7-8-16(20)21/h5-9,13H,3-4,10,17H2,1-2H3,(H,18,19)(H,20,21). The summed E-state index contributed by atoms with van der Waals surface area (Å²) in [5, 5.41) is 2.52. The molecular weight excluding hydrogens is 284 g/mol. The number of amides is 1. The summed E-state index contributed by atoms with van der Waals surface area (Å²) in [4.78, 5) is 22.9. The first-order chi connectivity index (χ1) is 9.92. The van der Waals surface area contributed by atoms with Crippen molar-refractivity contribution in [1.82, 2.24) is 0 Å². The number of aryl methyl sites for hydroxylation is 1. The molecule has 4 nitrogen and oxygen atoms in total. The second kappa shape index (κ2) is 8.64. The van der Waals surface area contributed by atoms with Crippen LogP contribution in [0.4, 0.5) is 5.69 Å². The van der Waals surface area contributed by atoms with Crippen LogP contribution in [0.25, 0.3) is 6.08 Å². The summed E-state index contributed by atoms with van der Waals surface area (Å²) in [6.07, 6.45) is 5.05. The zero-order valence-electron chi connectivity index (χ0n) is 12.4. The Morgan fingerprint density at radius 2 is 2.14 bits per heavy atom. The molecule has 0 aromatic heterocycles. The number of hydrogen-bond acceptors (Lipinski definition) is 3. The first-order valence-electron chi connectivity index (χ1n) is 6.99. The van der Waals surface area contributed by atoms with Gasteiger partial charge in [0.05, 0.1) is 0 Å². The molecule has 21 heavy (non-hydrogen) atoms. The molecule has 1 atom stereocenters. The van der Waals surface area contributed by atoms with Crippen molar-refractivity contribution in [1.29, 1.82) is 0 Å². The number of thiol groups is 1. The Hall–Kier alpha value is -1.59. The van der Waals surface area contributed by atoms with Gasteiger partial charge in [-0.25, -0.2) is 0 Å². The second-order valence-corrected chi connectivity index (χ2v) is 5.50. The topological polar surface area (TPSA) is 72.2 Å². The van der Waals surface area contributed by atoms with Gasteiger partial charge in [0.1, 0.15) is 0 Å². The Balaban J connectivity index is 2.83. The third-order valence-corrected chi connectivity index (χ3v) is 3.14. The number of carbonyl (C=O) groups excluding carboxylic acids is 2. The van der Waals surface area contributed by atoms with Crippen molar-refractivity contribution in [3.8, 4) is 0 Å². The molecule has 0 aliphatic heterocycles. The SMILES string of the molecule is CCCC(N)CC(=O)Nc1cc(C)ccc1C=CC(=O)S. The number of nitrogens with two attached hydrogens (primary N) is 1. The Bertz CT molecular complexity index is 541. The van der Waals surface area contributed by atoms with Crippen LogP contribution in [0.5, 0.6) is 0 Å². The average molecular weight is 306 g/mol. The van der Waals surface area contributed by atoms with Crippen LogP contribution in [0.15, 0.2) is 24.3 Å². The Morgan fingerprint density at radius 3 is 2.76 bits per heavy atom. The van der Waals surface area contributed by atoms with Gasteiger partial charge < -0.3 is 11.1 Å². The molecule has 0 radical (unpaired) electrons. The Labute approximate surface area is 131 Å². The van der Waals surface area contributed by atoms with Gasteiger partial charge in [0, 0.05) is 18.2 Å². The molecule has 0 fully saturated rings. The molecule has 3 N–H and O–H groups in total. The molecule has 0 saturated carbocycles. The summed E-state index contributed by atoms with van der Waals surface area (Å²) in [6.45, 7) is 3.98. The number of hydrogen-bond donors (Lipinski definition) is 3. The van der Waals surface area contributed by atoms with Crippen molar-refractivity contribution in [3.05, 3.63) is 35.4 Å². The molecule has 0 aliphatic carbocycles. The third kappa shape index (κ3) is 6.60. The highest BCUT2D eigenvalue weighted by atomic mass is 32.1. The van der Waals surface area contributed by atoms with E-state index in [0.717, 1.165) is 24.0 Å². The summed E-state index contributed by atoms with van der Waals surface area (Å²) in [5.74, 6) is -0.117. The zero-order valence-corrected chi connectivity index (χ0v) is 13.3. The molecule has 0 spiro atoms. The van der Waals surface area contributed by atoms with Gasteiger partial charge in [-0.05, 0) is 42.7 Å². The van der Waals surface area contributed by atoms with Crippen LogP contribution in [-0.2, 0) is 9.59 Å². The van der Waals surface area contributed by atoms with E-state index >= 15 is 0 Å². The predicted molar refractivity (Wildman–Crippen MR) is 90.3 cm³/mol. The van der Waals surface area contributed by atoms with Gasteiger partial charge in [-0.3, -0.25) is 9.59 Å². The van der Waals surface area contributed by atoms with Crippen LogP contribution >= 0.6 is 12.6 Å². The first kappa shape index (κ1) is 17.5. The molecule has 0 bridgehead atoms. The summed E-state index contributed by atoms with van der Waals surface area (Å²) in [5.41, 5.74) is 8.34. The van der Waals surface area contributed by atoms with E-state index in [-0.39, 0.29) is 23.5 Å². The highest BCUT2D eigenvalue weighted by Gasteiger charge is 2.10. The van der Waals surface area contributed by atoms with Gasteiger partial charge in [0.2, 0.25) is 11.0 Å². The molecule has 1 aromatic rings. The summed E-state index contributed by atoms with van der Waals surface area (Å²) in [6, 6.07) is 5.51. The zero-order chi connectivity index (χ0) is 15.8. The maximum absolute atomic E-state index is 12.0. The number of carbonyl (C=O) groups is 2. The first-order valence-corrected chi connectivity index (χ1v) is 7.44. The molecule has 114 valence electrons. The van der Waals surface area contributed by atoms with Crippen LogP contribution in [0.1, 0.15) is 37.3 Å². The summed E-state index contributed by atoms with van der Waals surface area (Å²) in [7, 11) is 0. The van der Waals surface area contributed by atoms with Gasteiger partial charge in [0.25, 0.3) is 0 Å². The fourth-order valence-electron chi connectivity index (χ4n) is 2.00. The highest BCUT2D eigenvalue weighted by Crippen LogP contribution is 2.20. The molecular formula is C16H22N2O2S. The van der Waals surface area contributed by atoms with Crippen molar-refractivity contribution in [2.75, 3.05) is 5.32 Å². The molecule has 1 amide bonds. The highest BCUT2D eigenvalue weighted by molar-refractivity contribution is 7.97. The Morgan fingerprint density at radius 1 is 1.43 bits per heavy atom. The molecule has 1 rings (SSSR count). The number of benzene rings is 1. The minimum Gasteiger partial charge on any atom is -0.327 e. The van der Waals surface area contributed by atoms with E-state index < -0.39 is 0 Å². The van der Waals surface area contributed by atoms with Crippen molar-refractivity contribution in [2.24, 2.45) is 5.73 Å². The fourth-order valence-corrected chi connectivity index (χ4v) is 2.07. The van der Waals surface area contributed by atoms with E-state index in [9.17, 15) is 9.59 Å². The van der Waals surface area contributed by atoms with Crippen molar-refractivity contribution in [3.63, 3.8) is 0 Å². The fraction of sp³-hybridized carbons (Fsp3) is 0.375. The normalized spacial score (nSPS) is 12.4. The molecule has 1 aromatic carbocycles. The number of rotatable bonds is 7. The smallest absolute Gasteiger partial charge is 0.225 e. The average Bonchev–Trinajstić information content (AvgIpc) is 2.37. The lowest BCUT2D eigenvalue weighted by Gasteiger charge is -2.13. The van der Waals surface area contributed by atoms with Gasteiger partial charge in [-0.1, -0.05) is 25.5 Å². The molecule has 0 aliphatic rings. The van der Waals surface area contributed by atoms with E-state index in [2.05, 4.69) is 17.9 Å². The lowest BCUT2D eigenvalue weighted by Crippen LogP contribution is -2.27. The van der Waals surface area contributed by atoms with Crippen LogP contribution in [0, 0.1) is 6.92 Å². The summed E-state index contributed by atoms with van der Waals surface area (Å²) >= 11 is 3.69. The van der Waals surface area contributed by atoms with Crippen molar-refractivity contribution < 1.29 is 9.59 Å². The molecule has 5 heteroatoms. The largest absolute Gasteiger partial charge is 0.327 e. The third-order valence-electron chi connectivity index (χ3n) is 3.00. The quantitative estimate of drug-likeness (QED) is 0.536.